The highest BCUT2D eigenvalue weighted by Crippen LogP contribution is 2.59. The van der Waals surface area contributed by atoms with E-state index >= 15 is 0 Å². The SMILES string of the molecule is CN1C(c2ccccn2)C2(C(=O)O)CN(Cc3ccccn3)CC(C(=O)O)(C2=O)C1c1ccccn1. The summed E-state index contributed by atoms with van der Waals surface area (Å²) in [7, 11) is 1.65. The third-order valence-electron chi connectivity index (χ3n) is 7.32. The predicted molar refractivity (Wildman–Crippen MR) is 126 cm³/mol. The maximum atomic E-state index is 14.4. The van der Waals surface area contributed by atoms with Gasteiger partial charge in [0.2, 0.25) is 0 Å². The topological polar surface area (TPSA) is 137 Å². The summed E-state index contributed by atoms with van der Waals surface area (Å²) in [5.41, 5.74) is -2.78. The first-order chi connectivity index (χ1) is 17.3. The number of carboxylic acids is 2. The van der Waals surface area contributed by atoms with E-state index < -0.39 is 40.6 Å². The van der Waals surface area contributed by atoms with E-state index in [1.165, 1.54) is 12.4 Å². The molecule has 10 heteroatoms. The molecule has 5 rings (SSSR count). The summed E-state index contributed by atoms with van der Waals surface area (Å²) in [5.74, 6) is -3.60. The number of fused-ring (bicyclic) bond motifs is 2. The molecule has 2 aliphatic rings. The van der Waals surface area contributed by atoms with Crippen LogP contribution in [0.3, 0.4) is 0 Å². The van der Waals surface area contributed by atoms with Crippen LogP contribution >= 0.6 is 0 Å². The van der Waals surface area contributed by atoms with E-state index in [4.69, 9.17) is 0 Å². The molecule has 4 unspecified atom stereocenters. The van der Waals surface area contributed by atoms with Gasteiger partial charge in [0.1, 0.15) is 0 Å². The number of piperidine rings is 2. The quantitative estimate of drug-likeness (QED) is 0.495. The van der Waals surface area contributed by atoms with Crippen LogP contribution < -0.4 is 0 Å². The Balaban J connectivity index is 1.77. The largest absolute Gasteiger partial charge is 0.480 e. The highest BCUT2D eigenvalue weighted by atomic mass is 16.4. The summed E-state index contributed by atoms with van der Waals surface area (Å²) in [6.07, 6.45) is 4.69. The lowest BCUT2D eigenvalue weighted by atomic mass is 9.54. The van der Waals surface area contributed by atoms with Gasteiger partial charge in [-0.15, -0.1) is 0 Å². The van der Waals surface area contributed by atoms with Crippen LogP contribution in [0.2, 0.25) is 0 Å². The molecule has 3 aromatic rings. The number of hydrogen-bond donors (Lipinski definition) is 2. The van der Waals surface area contributed by atoms with E-state index in [9.17, 15) is 24.6 Å². The first-order valence-corrected chi connectivity index (χ1v) is 11.5. The lowest BCUT2D eigenvalue weighted by Gasteiger charge is -2.60. The number of aromatic nitrogens is 3. The number of carbonyl (C=O) groups excluding carboxylic acids is 1. The zero-order valence-corrected chi connectivity index (χ0v) is 19.6. The Morgan fingerprint density at radius 1 is 0.833 bits per heavy atom. The normalized spacial score (nSPS) is 28.5. The lowest BCUT2D eigenvalue weighted by Crippen LogP contribution is -2.75. The first-order valence-electron chi connectivity index (χ1n) is 11.5. The van der Waals surface area contributed by atoms with Gasteiger partial charge in [-0.3, -0.25) is 39.1 Å². The molecule has 4 atom stereocenters. The Bertz CT molecular complexity index is 1210. The molecule has 0 spiro atoms. The molecule has 0 radical (unpaired) electrons. The van der Waals surface area contributed by atoms with Gasteiger partial charge in [0.25, 0.3) is 0 Å². The number of Topliss-reactive ketones (excluding diaryl/α,β-unsaturated/α-hetero) is 1. The van der Waals surface area contributed by atoms with Crippen LogP contribution in [0, 0.1) is 10.8 Å². The van der Waals surface area contributed by atoms with Crippen LogP contribution in [-0.2, 0) is 20.9 Å². The van der Waals surface area contributed by atoms with Crippen LogP contribution in [0.5, 0.6) is 0 Å². The monoisotopic (exact) mass is 487 g/mol. The van der Waals surface area contributed by atoms with Gasteiger partial charge in [0.05, 0.1) is 29.2 Å². The second-order valence-corrected chi connectivity index (χ2v) is 9.33. The van der Waals surface area contributed by atoms with Gasteiger partial charge in [-0.1, -0.05) is 18.2 Å². The van der Waals surface area contributed by atoms with Gasteiger partial charge in [0, 0.05) is 38.2 Å². The standard InChI is InChI=1S/C26H25N5O5/c1-30-20(18-9-3-6-12-28-18)25(23(33)34)15-31(14-17-8-2-5-11-27-17)16-26(22(25)32,24(35)36)21(30)19-10-4-7-13-29-19/h2-13,20-21H,14-16H2,1H3,(H,33,34)(H,35,36). The fraction of sp³-hybridized carbons (Fsp3) is 0.308. The molecule has 2 N–H and O–H groups in total. The van der Waals surface area contributed by atoms with Crippen molar-refractivity contribution in [2.24, 2.45) is 10.8 Å². The number of rotatable bonds is 6. The minimum atomic E-state index is -2.08. The fourth-order valence-corrected chi connectivity index (χ4v) is 5.96. The second-order valence-electron chi connectivity index (χ2n) is 9.33. The van der Waals surface area contributed by atoms with Crippen LogP contribution in [-0.4, -0.2) is 72.8 Å². The minimum Gasteiger partial charge on any atom is -0.480 e. The van der Waals surface area contributed by atoms with Crippen molar-refractivity contribution in [2.45, 2.75) is 18.6 Å². The molecule has 3 aromatic heterocycles. The molecule has 36 heavy (non-hydrogen) atoms. The Hall–Kier alpha value is -4.02. The molecule has 0 aliphatic carbocycles. The number of aliphatic carboxylic acids is 2. The lowest BCUT2D eigenvalue weighted by molar-refractivity contribution is -0.202. The molecule has 2 saturated heterocycles. The molecule has 184 valence electrons. The molecule has 0 saturated carbocycles. The number of likely N-dealkylation sites (tertiary alicyclic amines) is 2. The maximum absolute atomic E-state index is 14.4. The number of carbonyl (C=O) groups is 3. The minimum absolute atomic E-state index is 0.186. The van der Waals surface area contributed by atoms with Gasteiger partial charge in [-0.2, -0.15) is 0 Å². The number of pyridine rings is 3. The highest BCUT2D eigenvalue weighted by Gasteiger charge is 2.74. The van der Waals surface area contributed by atoms with Crippen LogP contribution in [0.4, 0.5) is 0 Å². The summed E-state index contributed by atoms with van der Waals surface area (Å²) in [6.45, 7) is -0.188. The highest BCUT2D eigenvalue weighted by molar-refractivity contribution is 6.17. The van der Waals surface area contributed by atoms with E-state index in [1.807, 2.05) is 0 Å². The van der Waals surface area contributed by atoms with Gasteiger partial charge < -0.3 is 10.2 Å². The molecule has 10 nitrogen and oxygen atoms in total. The maximum Gasteiger partial charge on any atom is 0.320 e. The summed E-state index contributed by atoms with van der Waals surface area (Å²) >= 11 is 0. The molecule has 2 fully saturated rings. The van der Waals surface area contributed by atoms with E-state index in [-0.39, 0.29) is 19.6 Å². The molecular weight excluding hydrogens is 462 g/mol. The average molecular weight is 488 g/mol. The van der Waals surface area contributed by atoms with Gasteiger partial charge in [-0.05, 0) is 43.4 Å². The smallest absolute Gasteiger partial charge is 0.320 e. The van der Waals surface area contributed by atoms with Crippen LogP contribution in [0.25, 0.3) is 0 Å². The molecular formula is C26H25N5O5. The van der Waals surface area contributed by atoms with E-state index in [2.05, 4.69) is 15.0 Å². The second kappa shape index (κ2) is 8.89. The number of hydrogen-bond acceptors (Lipinski definition) is 8. The van der Waals surface area contributed by atoms with E-state index in [0.29, 0.717) is 17.1 Å². The summed E-state index contributed by atoms with van der Waals surface area (Å²) < 4.78 is 0. The van der Waals surface area contributed by atoms with Crippen molar-refractivity contribution in [1.82, 2.24) is 24.8 Å². The Kier molecular flexibility index (Phi) is 5.85. The molecule has 2 bridgehead atoms. The van der Waals surface area contributed by atoms with Gasteiger partial charge in [0.15, 0.2) is 16.6 Å². The Morgan fingerprint density at radius 2 is 1.31 bits per heavy atom. The molecule has 5 heterocycles. The summed E-state index contributed by atoms with van der Waals surface area (Å²) in [5, 5.41) is 21.3. The van der Waals surface area contributed by atoms with Crippen molar-refractivity contribution in [3.8, 4) is 0 Å². The Morgan fingerprint density at radius 3 is 1.69 bits per heavy atom. The third kappa shape index (κ3) is 3.41. The Labute approximate surface area is 207 Å². The summed E-state index contributed by atoms with van der Waals surface area (Å²) in [6, 6.07) is 13.5. The van der Waals surface area contributed by atoms with E-state index in [0.717, 1.165) is 0 Å². The van der Waals surface area contributed by atoms with Crippen molar-refractivity contribution in [2.75, 3.05) is 20.1 Å². The third-order valence-corrected chi connectivity index (χ3v) is 7.32. The zero-order valence-electron chi connectivity index (χ0n) is 19.6. The van der Waals surface area contributed by atoms with Crippen molar-refractivity contribution in [3.63, 3.8) is 0 Å². The molecule has 0 aromatic carbocycles. The van der Waals surface area contributed by atoms with Crippen molar-refractivity contribution >= 4 is 17.7 Å². The number of ketones is 1. The van der Waals surface area contributed by atoms with Gasteiger partial charge >= 0.3 is 11.9 Å². The number of nitrogens with zero attached hydrogens (tertiary/aromatic N) is 5. The van der Waals surface area contributed by atoms with Crippen LogP contribution in [0.1, 0.15) is 29.2 Å². The molecule has 0 amide bonds. The summed E-state index contributed by atoms with van der Waals surface area (Å²) in [4.78, 5) is 57.1. The molecule has 2 aliphatic heterocycles. The van der Waals surface area contributed by atoms with Crippen molar-refractivity contribution in [1.29, 1.82) is 0 Å². The first kappa shape index (κ1) is 23.7. The van der Waals surface area contributed by atoms with Gasteiger partial charge in [-0.25, -0.2) is 0 Å². The van der Waals surface area contributed by atoms with Crippen molar-refractivity contribution in [3.05, 3.63) is 90.3 Å². The average Bonchev–Trinajstić information content (AvgIpc) is 2.87. The van der Waals surface area contributed by atoms with E-state index in [1.54, 1.807) is 77.6 Å². The number of carboxylic acid groups (broad SMARTS) is 2. The predicted octanol–water partition coefficient (Wildman–Crippen LogP) is 1.83. The fourth-order valence-electron chi connectivity index (χ4n) is 5.96. The van der Waals surface area contributed by atoms with Crippen LogP contribution in [0.15, 0.2) is 73.2 Å². The van der Waals surface area contributed by atoms with Crippen molar-refractivity contribution < 1.29 is 24.6 Å². The zero-order chi connectivity index (χ0) is 25.5.